The first kappa shape index (κ1) is 56.2. The van der Waals surface area contributed by atoms with Gasteiger partial charge in [0, 0.05) is 52.0 Å². The Morgan fingerprint density at radius 1 is 0.720 bits per heavy atom. The molecular formula is C60H79NO13S. The molecule has 408 valence electrons. The van der Waals surface area contributed by atoms with E-state index in [9.17, 15) is 28.8 Å². The fourth-order valence-electron chi connectivity index (χ4n) is 15.8. The molecule has 0 spiro atoms. The molecule has 0 unspecified atom stereocenters. The van der Waals surface area contributed by atoms with Crippen LogP contribution < -0.4 is 0 Å². The Morgan fingerprint density at radius 3 is 1.87 bits per heavy atom. The van der Waals surface area contributed by atoms with Gasteiger partial charge in [-0.25, -0.2) is 4.79 Å². The zero-order valence-corrected chi connectivity index (χ0v) is 46.9. The Balaban J connectivity index is 1.02. The fraction of sp³-hybridized carbons (Fsp3) is 0.650. The zero-order chi connectivity index (χ0) is 54.6. The number of nitrogens with zero attached hydrogens (tertiary/aromatic N) is 1. The molecule has 2 aromatic rings. The van der Waals surface area contributed by atoms with E-state index < -0.39 is 70.7 Å². The molecule has 0 radical (unpaired) electrons. The number of hydrogen-bond donors (Lipinski definition) is 0. The molecule has 75 heavy (non-hydrogen) atoms. The highest BCUT2D eigenvalue weighted by atomic mass is 32.2. The molecule has 6 aliphatic rings. The Hall–Kier alpha value is -5.02. The number of carbonyl (C=O) groups is 7. The number of allylic oxidation sites excluding steroid dienone is 2. The lowest BCUT2D eigenvalue weighted by molar-refractivity contribution is -0.235. The average Bonchev–Trinajstić information content (AvgIpc) is 3.34. The van der Waals surface area contributed by atoms with Crippen LogP contribution in [0.2, 0.25) is 0 Å². The second kappa shape index (κ2) is 21.1. The van der Waals surface area contributed by atoms with Crippen LogP contribution in [0.25, 0.3) is 0 Å². The van der Waals surface area contributed by atoms with Crippen molar-refractivity contribution < 1.29 is 62.0 Å². The van der Waals surface area contributed by atoms with Gasteiger partial charge in [-0.05, 0) is 121 Å². The van der Waals surface area contributed by atoms with Gasteiger partial charge in [-0.15, -0.1) is 11.8 Å². The summed E-state index contributed by atoms with van der Waals surface area (Å²) in [4.78, 5) is 96.2. The van der Waals surface area contributed by atoms with Crippen LogP contribution in [0.3, 0.4) is 0 Å². The van der Waals surface area contributed by atoms with Gasteiger partial charge < -0.3 is 33.3 Å². The van der Waals surface area contributed by atoms with Crippen molar-refractivity contribution in [2.75, 3.05) is 19.4 Å². The third-order valence-electron chi connectivity index (χ3n) is 19.7. The number of hydrogen-bond acceptors (Lipinski definition) is 14. The molecule has 0 bridgehead atoms. The summed E-state index contributed by atoms with van der Waals surface area (Å²) in [6, 6.07) is 19.7. The lowest BCUT2D eigenvalue weighted by atomic mass is 9.33. The monoisotopic (exact) mass is 1050 g/mol. The van der Waals surface area contributed by atoms with Crippen LogP contribution in [0, 0.1) is 50.2 Å². The maximum atomic E-state index is 15.4. The minimum absolute atomic E-state index is 0.0355. The van der Waals surface area contributed by atoms with Crippen LogP contribution in [0.15, 0.2) is 72.3 Å². The highest BCUT2D eigenvalue weighted by Gasteiger charge is 2.71. The summed E-state index contributed by atoms with van der Waals surface area (Å²) >= 11 is 1.19. The molecule has 15 heteroatoms. The van der Waals surface area contributed by atoms with Gasteiger partial charge in [-0.1, -0.05) is 108 Å². The molecule has 1 heterocycles. The number of benzene rings is 2. The number of ether oxygens (including phenoxy) is 6. The molecule has 14 nitrogen and oxygen atoms in total. The van der Waals surface area contributed by atoms with Crippen molar-refractivity contribution in [3.63, 3.8) is 0 Å². The summed E-state index contributed by atoms with van der Waals surface area (Å²) in [5, 5.41) is 0. The molecule has 2 aromatic carbocycles. The van der Waals surface area contributed by atoms with Gasteiger partial charge in [0.25, 0.3) is 0 Å². The fourth-order valence-corrected chi connectivity index (χ4v) is 16.9. The topological polar surface area (TPSA) is 178 Å². The molecule has 14 atom stereocenters. The summed E-state index contributed by atoms with van der Waals surface area (Å²) in [7, 11) is 1.15. The third kappa shape index (κ3) is 10.1. The van der Waals surface area contributed by atoms with Crippen molar-refractivity contribution in [2.45, 2.75) is 176 Å². The first-order valence-corrected chi connectivity index (χ1v) is 28.0. The van der Waals surface area contributed by atoms with Gasteiger partial charge in [0.05, 0.1) is 12.5 Å². The molecule has 4 saturated carbocycles. The van der Waals surface area contributed by atoms with Gasteiger partial charge in [0.15, 0.2) is 36.3 Å². The molecule has 0 N–H and O–H groups in total. The molecule has 1 amide bonds. The van der Waals surface area contributed by atoms with E-state index in [1.165, 1.54) is 24.3 Å². The molecule has 8 rings (SSSR count). The molecule has 0 aromatic heterocycles. The zero-order valence-electron chi connectivity index (χ0n) is 46.1. The molecule has 1 aliphatic heterocycles. The van der Waals surface area contributed by atoms with E-state index in [1.807, 2.05) is 71.6 Å². The van der Waals surface area contributed by atoms with Crippen LogP contribution in [-0.2, 0) is 62.0 Å². The lowest BCUT2D eigenvalue weighted by Gasteiger charge is -2.71. The highest BCUT2D eigenvalue weighted by molar-refractivity contribution is 7.99. The van der Waals surface area contributed by atoms with Crippen LogP contribution >= 0.6 is 11.8 Å². The first-order chi connectivity index (χ1) is 35.2. The van der Waals surface area contributed by atoms with Gasteiger partial charge >= 0.3 is 29.8 Å². The number of esters is 5. The SMILES string of the molecule is COC(=O)[C@H]1O[C@@H](SCCN(C(C)=O)[C@H]2CC[C@]3(C)[C@H]4C(=O)C=C5[C@@H]6C[C@@](C)(C(=O)OC(c7ccccc7)c7ccccc7)CC[C@]6(C)CC[C@@]5(C)[C@]4(C)CC[C@H]3C2(C)C)[C@H](OC(C)=O)[C@@H](OC(C)=O)[C@@H]1OC(C)=O. The first-order valence-electron chi connectivity index (χ1n) is 27.0. The van der Waals surface area contributed by atoms with Crippen molar-refractivity contribution in [3.8, 4) is 0 Å². The van der Waals surface area contributed by atoms with Crippen molar-refractivity contribution >= 4 is 53.3 Å². The molecule has 5 aliphatic carbocycles. The number of methoxy groups -OCH3 is 1. The normalized spacial score (nSPS) is 36.7. The third-order valence-corrected chi connectivity index (χ3v) is 20.8. The second-order valence-corrected chi connectivity index (χ2v) is 25.7. The van der Waals surface area contributed by atoms with Crippen molar-refractivity contribution in [1.29, 1.82) is 0 Å². The summed E-state index contributed by atoms with van der Waals surface area (Å²) in [6.07, 6.45) is 3.15. The Morgan fingerprint density at radius 2 is 1.29 bits per heavy atom. The minimum Gasteiger partial charge on any atom is -0.467 e. The van der Waals surface area contributed by atoms with E-state index in [0.29, 0.717) is 19.3 Å². The predicted molar refractivity (Wildman–Crippen MR) is 281 cm³/mol. The standard InChI is InChI=1S/C60H79NO13S/c1-35(62)61(31-32-75-53-50(72-38(4)65)48(71-37(3)64)47(70-36(2)63)49(73-53)52(67)69-12)45-24-25-58(9)44(55(45,5)6)23-26-60(11)51(58)43(66)33-41-42-34-57(8,28-27-56(42,7)29-30-59(41,60)10)54(68)74-46(39-19-15-13-16-20-39)40-21-17-14-18-22-40/h13-22,33,42,44-51,53H,23-32,34H2,1-12H3/t42-,44-,45-,47-,48-,49-,50+,51+,53-,56+,57-,58-,59+,60+/m0/s1. The predicted octanol–water partition coefficient (Wildman–Crippen LogP) is 9.94. The Labute approximate surface area is 447 Å². The van der Waals surface area contributed by atoms with Gasteiger partial charge in [-0.2, -0.15) is 0 Å². The van der Waals surface area contributed by atoms with Crippen LogP contribution in [0.1, 0.15) is 151 Å². The molecule has 5 fully saturated rings. The maximum Gasteiger partial charge on any atom is 0.339 e. The number of ketones is 1. The van der Waals surface area contributed by atoms with E-state index >= 15 is 4.79 Å². The summed E-state index contributed by atoms with van der Waals surface area (Å²) in [6.45, 7) is 21.4. The van der Waals surface area contributed by atoms with E-state index in [4.69, 9.17) is 28.4 Å². The van der Waals surface area contributed by atoms with Crippen molar-refractivity contribution in [2.24, 2.45) is 50.2 Å². The number of amides is 1. The van der Waals surface area contributed by atoms with E-state index in [-0.39, 0.29) is 75.4 Å². The van der Waals surface area contributed by atoms with E-state index in [0.717, 1.165) is 70.6 Å². The molecular weight excluding hydrogens is 975 g/mol. The summed E-state index contributed by atoms with van der Waals surface area (Å²) in [5.41, 5.74) is -0.256. The minimum atomic E-state index is -1.51. The number of rotatable bonds is 13. The highest BCUT2D eigenvalue weighted by Crippen LogP contribution is 2.75. The number of fused-ring (bicyclic) bond motifs is 7. The number of carbonyl (C=O) groups excluding carboxylic acids is 7. The second-order valence-electron chi connectivity index (χ2n) is 24.5. The number of thioether (sulfide) groups is 1. The largest absolute Gasteiger partial charge is 0.467 e. The van der Waals surface area contributed by atoms with E-state index in [2.05, 4.69) is 48.5 Å². The Bertz CT molecular complexity index is 2530. The van der Waals surface area contributed by atoms with Crippen molar-refractivity contribution in [3.05, 3.63) is 83.4 Å². The molecule has 1 saturated heterocycles. The average molecular weight is 1050 g/mol. The van der Waals surface area contributed by atoms with Crippen LogP contribution in [-0.4, -0.2) is 102 Å². The summed E-state index contributed by atoms with van der Waals surface area (Å²) < 4.78 is 34.5. The van der Waals surface area contributed by atoms with Gasteiger partial charge in [-0.3, -0.25) is 28.8 Å². The maximum absolute atomic E-state index is 15.4. The van der Waals surface area contributed by atoms with E-state index in [1.54, 1.807) is 6.92 Å². The quantitative estimate of drug-likeness (QED) is 0.137. The lowest BCUT2D eigenvalue weighted by Crippen LogP contribution is -2.68. The smallest absolute Gasteiger partial charge is 0.339 e. The van der Waals surface area contributed by atoms with Gasteiger partial charge in [0.2, 0.25) is 5.91 Å². The van der Waals surface area contributed by atoms with Gasteiger partial charge in [0.1, 0.15) is 5.44 Å². The Kier molecular flexibility index (Phi) is 15.8. The van der Waals surface area contributed by atoms with Crippen LogP contribution in [0.4, 0.5) is 0 Å². The summed E-state index contributed by atoms with van der Waals surface area (Å²) in [5.74, 6) is -3.09. The van der Waals surface area contributed by atoms with Crippen molar-refractivity contribution in [1.82, 2.24) is 4.90 Å². The van der Waals surface area contributed by atoms with Crippen LogP contribution in [0.5, 0.6) is 0 Å².